The van der Waals surface area contributed by atoms with E-state index < -0.39 is 5.82 Å². The summed E-state index contributed by atoms with van der Waals surface area (Å²) in [5.74, 6) is -0.410. The summed E-state index contributed by atoms with van der Waals surface area (Å²) in [5, 5.41) is 9.67. The minimum absolute atomic E-state index is 0. The SMILES string of the molecule is Cl.Nc1c(F)ccc([C@H](N)C2CCC2)c1O. The maximum Gasteiger partial charge on any atom is 0.149 e. The summed E-state index contributed by atoms with van der Waals surface area (Å²) >= 11 is 0. The molecule has 0 bridgehead atoms. The van der Waals surface area contributed by atoms with Crippen molar-refractivity contribution in [3.8, 4) is 5.75 Å². The molecule has 90 valence electrons. The van der Waals surface area contributed by atoms with Crippen LogP contribution in [0.2, 0.25) is 0 Å². The Morgan fingerprint density at radius 2 is 2.00 bits per heavy atom. The van der Waals surface area contributed by atoms with E-state index in [0.717, 1.165) is 12.8 Å². The van der Waals surface area contributed by atoms with Gasteiger partial charge in [0.05, 0.1) is 0 Å². The van der Waals surface area contributed by atoms with Gasteiger partial charge in [-0.25, -0.2) is 4.39 Å². The van der Waals surface area contributed by atoms with Crippen molar-refractivity contribution in [2.45, 2.75) is 25.3 Å². The van der Waals surface area contributed by atoms with Crippen molar-refractivity contribution in [2.24, 2.45) is 11.7 Å². The third kappa shape index (κ3) is 2.08. The van der Waals surface area contributed by atoms with Gasteiger partial charge < -0.3 is 16.6 Å². The van der Waals surface area contributed by atoms with Gasteiger partial charge in [0, 0.05) is 11.6 Å². The fraction of sp³-hybridized carbons (Fsp3) is 0.455. The Balaban J connectivity index is 0.00000128. The minimum atomic E-state index is -0.600. The molecule has 1 aliphatic rings. The van der Waals surface area contributed by atoms with Crippen molar-refractivity contribution < 1.29 is 9.50 Å². The fourth-order valence-corrected chi connectivity index (χ4v) is 1.92. The van der Waals surface area contributed by atoms with Gasteiger partial charge in [-0.15, -0.1) is 12.4 Å². The molecule has 0 saturated heterocycles. The van der Waals surface area contributed by atoms with Crippen LogP contribution < -0.4 is 11.5 Å². The Labute approximate surface area is 100 Å². The number of rotatable bonds is 2. The van der Waals surface area contributed by atoms with Gasteiger partial charge >= 0.3 is 0 Å². The predicted octanol–water partition coefficient (Wildman–Crippen LogP) is 2.34. The number of hydrogen-bond acceptors (Lipinski definition) is 3. The molecule has 1 saturated carbocycles. The molecule has 1 aromatic carbocycles. The molecule has 0 radical (unpaired) electrons. The van der Waals surface area contributed by atoms with Crippen LogP contribution in [0.3, 0.4) is 0 Å². The number of aromatic hydroxyl groups is 1. The first-order valence-electron chi connectivity index (χ1n) is 5.13. The van der Waals surface area contributed by atoms with Crippen LogP contribution in [0.25, 0.3) is 0 Å². The van der Waals surface area contributed by atoms with Crippen molar-refractivity contribution in [2.75, 3.05) is 5.73 Å². The van der Waals surface area contributed by atoms with E-state index in [1.165, 1.54) is 18.6 Å². The van der Waals surface area contributed by atoms with Crippen LogP contribution >= 0.6 is 12.4 Å². The highest BCUT2D eigenvalue weighted by molar-refractivity contribution is 5.85. The number of anilines is 1. The van der Waals surface area contributed by atoms with Crippen LogP contribution in [-0.2, 0) is 0 Å². The number of phenols is 1. The fourth-order valence-electron chi connectivity index (χ4n) is 1.92. The standard InChI is InChI=1S/C11H15FN2O.ClH/c12-8-5-4-7(11(15)10(8)14)9(13)6-2-1-3-6;/h4-6,9,15H,1-3,13-14H2;1H/t9-;/m1./s1. The number of hydrogen-bond donors (Lipinski definition) is 3. The second-order valence-electron chi connectivity index (χ2n) is 4.12. The number of nitrogen functional groups attached to an aromatic ring is 1. The maximum absolute atomic E-state index is 13.0. The monoisotopic (exact) mass is 246 g/mol. The molecule has 1 aromatic rings. The van der Waals surface area contributed by atoms with Gasteiger partial charge in [-0.2, -0.15) is 0 Å². The largest absolute Gasteiger partial charge is 0.505 e. The van der Waals surface area contributed by atoms with E-state index >= 15 is 0 Å². The zero-order chi connectivity index (χ0) is 11.0. The first-order valence-corrected chi connectivity index (χ1v) is 5.13. The second kappa shape index (κ2) is 4.89. The Bertz CT molecular complexity index is 382. The maximum atomic E-state index is 13.0. The second-order valence-corrected chi connectivity index (χ2v) is 4.12. The highest BCUT2D eigenvalue weighted by Gasteiger charge is 2.28. The van der Waals surface area contributed by atoms with Gasteiger partial charge in [0.15, 0.2) is 0 Å². The molecule has 0 unspecified atom stereocenters. The normalized spacial score (nSPS) is 17.4. The van der Waals surface area contributed by atoms with Crippen LogP contribution in [-0.4, -0.2) is 5.11 Å². The van der Waals surface area contributed by atoms with Crippen molar-refractivity contribution in [3.05, 3.63) is 23.5 Å². The van der Waals surface area contributed by atoms with E-state index in [4.69, 9.17) is 11.5 Å². The number of halogens is 2. The predicted molar refractivity (Wildman–Crippen MR) is 64.0 cm³/mol. The molecule has 0 aromatic heterocycles. The average Bonchev–Trinajstić information content (AvgIpc) is 2.11. The molecule has 1 atom stereocenters. The molecule has 1 aliphatic carbocycles. The van der Waals surface area contributed by atoms with E-state index in [2.05, 4.69) is 0 Å². The first-order chi connectivity index (χ1) is 7.11. The molecule has 16 heavy (non-hydrogen) atoms. The molecule has 0 aliphatic heterocycles. The Hall–Kier alpha value is -1.00. The van der Waals surface area contributed by atoms with E-state index in [0.29, 0.717) is 11.5 Å². The highest BCUT2D eigenvalue weighted by atomic mass is 35.5. The molecule has 0 heterocycles. The summed E-state index contributed by atoms with van der Waals surface area (Å²) in [6.07, 6.45) is 3.31. The van der Waals surface area contributed by atoms with Gasteiger partial charge in [-0.1, -0.05) is 12.5 Å². The summed E-state index contributed by atoms with van der Waals surface area (Å²) in [7, 11) is 0. The third-order valence-electron chi connectivity index (χ3n) is 3.21. The Morgan fingerprint density at radius 3 is 2.50 bits per heavy atom. The molecule has 1 fully saturated rings. The smallest absolute Gasteiger partial charge is 0.149 e. The number of phenolic OH excluding ortho intramolecular Hbond substituents is 1. The van der Waals surface area contributed by atoms with E-state index in [9.17, 15) is 9.50 Å². The van der Waals surface area contributed by atoms with Crippen LogP contribution in [0.15, 0.2) is 12.1 Å². The number of nitrogens with two attached hydrogens (primary N) is 2. The quantitative estimate of drug-likeness (QED) is 0.554. The van der Waals surface area contributed by atoms with Crippen molar-refractivity contribution in [1.29, 1.82) is 0 Å². The first kappa shape index (κ1) is 13.1. The van der Waals surface area contributed by atoms with Gasteiger partial charge in [0.1, 0.15) is 17.3 Å². The van der Waals surface area contributed by atoms with Gasteiger partial charge in [-0.05, 0) is 24.8 Å². The van der Waals surface area contributed by atoms with Crippen LogP contribution in [0, 0.1) is 11.7 Å². The summed E-state index contributed by atoms with van der Waals surface area (Å²) in [4.78, 5) is 0. The zero-order valence-corrected chi connectivity index (χ0v) is 9.64. The topological polar surface area (TPSA) is 72.3 Å². The Morgan fingerprint density at radius 1 is 1.38 bits per heavy atom. The molecule has 3 nitrogen and oxygen atoms in total. The lowest BCUT2D eigenvalue weighted by Gasteiger charge is -2.31. The van der Waals surface area contributed by atoms with Gasteiger partial charge in [-0.3, -0.25) is 0 Å². The lowest BCUT2D eigenvalue weighted by atomic mass is 9.77. The lowest BCUT2D eigenvalue weighted by molar-refractivity contribution is 0.260. The van der Waals surface area contributed by atoms with Crippen molar-refractivity contribution in [1.82, 2.24) is 0 Å². The van der Waals surface area contributed by atoms with Crippen LogP contribution in [0.5, 0.6) is 5.75 Å². The van der Waals surface area contributed by atoms with Crippen molar-refractivity contribution in [3.63, 3.8) is 0 Å². The summed E-state index contributed by atoms with van der Waals surface area (Å²) in [6, 6.07) is 2.54. The van der Waals surface area contributed by atoms with Gasteiger partial charge in [0.25, 0.3) is 0 Å². The minimum Gasteiger partial charge on any atom is -0.505 e. The highest BCUT2D eigenvalue weighted by Crippen LogP contribution is 2.40. The Kier molecular flexibility index (Phi) is 3.99. The molecular weight excluding hydrogens is 231 g/mol. The van der Waals surface area contributed by atoms with Crippen molar-refractivity contribution >= 4 is 18.1 Å². The van der Waals surface area contributed by atoms with Crippen LogP contribution in [0.1, 0.15) is 30.9 Å². The van der Waals surface area contributed by atoms with Gasteiger partial charge in [0.2, 0.25) is 0 Å². The molecule has 2 rings (SSSR count). The van der Waals surface area contributed by atoms with E-state index in [1.807, 2.05) is 0 Å². The summed E-state index contributed by atoms with van der Waals surface area (Å²) < 4.78 is 13.0. The van der Waals surface area contributed by atoms with Crippen LogP contribution in [0.4, 0.5) is 10.1 Å². The molecule has 0 amide bonds. The summed E-state index contributed by atoms with van der Waals surface area (Å²) in [5.41, 5.74) is 11.7. The molecular formula is C11H16ClFN2O. The third-order valence-corrected chi connectivity index (χ3v) is 3.21. The summed E-state index contributed by atoms with van der Waals surface area (Å²) in [6.45, 7) is 0. The zero-order valence-electron chi connectivity index (χ0n) is 8.82. The lowest BCUT2D eigenvalue weighted by Crippen LogP contribution is -2.27. The van der Waals surface area contributed by atoms with E-state index in [-0.39, 0.29) is 29.9 Å². The average molecular weight is 247 g/mol. The molecule has 0 spiro atoms. The molecule has 5 N–H and O–H groups in total. The van der Waals surface area contributed by atoms with E-state index in [1.54, 1.807) is 0 Å². The number of benzene rings is 1. The molecule has 5 heteroatoms.